The summed E-state index contributed by atoms with van der Waals surface area (Å²) in [6, 6.07) is 6.86. The Balaban J connectivity index is 1.68. The first-order valence-corrected chi connectivity index (χ1v) is 8.60. The third kappa shape index (κ3) is 2.42. The second-order valence-electron chi connectivity index (χ2n) is 7.01. The molecule has 1 aromatic rings. The van der Waals surface area contributed by atoms with E-state index in [1.807, 2.05) is 6.07 Å². The van der Waals surface area contributed by atoms with E-state index in [2.05, 4.69) is 17.4 Å². The van der Waals surface area contributed by atoms with Crippen LogP contribution in [0.25, 0.3) is 0 Å². The zero-order valence-corrected chi connectivity index (χ0v) is 12.7. The predicted octanol–water partition coefficient (Wildman–Crippen LogP) is 4.11. The standard InChI is InChI=1S/C18H26N2O/c19-13-8-9-16-15(11-13)18-14(7-4-10-21-18)17(20-16)12-5-2-1-3-6-12/h8-9,11-12,14,17-18,20H,1-7,10,19H2. The topological polar surface area (TPSA) is 47.3 Å². The minimum Gasteiger partial charge on any atom is -0.399 e. The second-order valence-corrected chi connectivity index (χ2v) is 7.01. The van der Waals surface area contributed by atoms with Crippen molar-refractivity contribution in [1.29, 1.82) is 0 Å². The summed E-state index contributed by atoms with van der Waals surface area (Å²) < 4.78 is 6.19. The highest BCUT2D eigenvalue weighted by atomic mass is 16.5. The number of benzene rings is 1. The number of ether oxygens (including phenoxy) is 1. The Labute approximate surface area is 127 Å². The van der Waals surface area contributed by atoms with Gasteiger partial charge >= 0.3 is 0 Å². The van der Waals surface area contributed by atoms with Crippen LogP contribution in [0.15, 0.2) is 18.2 Å². The molecule has 0 spiro atoms. The molecule has 3 aliphatic rings. The molecule has 1 aliphatic carbocycles. The van der Waals surface area contributed by atoms with Crippen molar-refractivity contribution in [2.45, 2.75) is 57.1 Å². The lowest BCUT2D eigenvalue weighted by Gasteiger charge is -2.47. The van der Waals surface area contributed by atoms with E-state index in [9.17, 15) is 0 Å². The molecule has 0 amide bonds. The van der Waals surface area contributed by atoms with Crippen molar-refractivity contribution < 1.29 is 4.74 Å². The van der Waals surface area contributed by atoms with Gasteiger partial charge in [-0.25, -0.2) is 0 Å². The normalized spacial score (nSPS) is 32.9. The molecule has 1 aromatic carbocycles. The average Bonchev–Trinajstić information content (AvgIpc) is 2.55. The van der Waals surface area contributed by atoms with Gasteiger partial charge < -0.3 is 15.8 Å². The fourth-order valence-corrected chi connectivity index (χ4v) is 4.69. The Bertz CT molecular complexity index is 510. The molecule has 4 rings (SSSR count). The van der Waals surface area contributed by atoms with E-state index in [0.29, 0.717) is 12.0 Å². The maximum Gasteiger partial charge on any atom is 0.0893 e. The first-order chi connectivity index (χ1) is 10.3. The van der Waals surface area contributed by atoms with Crippen LogP contribution in [0.2, 0.25) is 0 Å². The lowest BCUT2D eigenvalue weighted by atomic mass is 9.71. The molecule has 1 saturated carbocycles. The lowest BCUT2D eigenvalue weighted by molar-refractivity contribution is -0.0457. The molecule has 21 heavy (non-hydrogen) atoms. The first-order valence-electron chi connectivity index (χ1n) is 8.60. The Morgan fingerprint density at radius 3 is 2.76 bits per heavy atom. The van der Waals surface area contributed by atoms with E-state index >= 15 is 0 Å². The van der Waals surface area contributed by atoms with Crippen molar-refractivity contribution in [1.82, 2.24) is 0 Å². The summed E-state index contributed by atoms with van der Waals surface area (Å²) in [4.78, 5) is 0. The Morgan fingerprint density at radius 1 is 1.05 bits per heavy atom. The van der Waals surface area contributed by atoms with Crippen LogP contribution >= 0.6 is 0 Å². The quantitative estimate of drug-likeness (QED) is 0.764. The van der Waals surface area contributed by atoms with Crippen molar-refractivity contribution >= 4 is 11.4 Å². The second kappa shape index (κ2) is 5.53. The third-order valence-corrected chi connectivity index (χ3v) is 5.69. The van der Waals surface area contributed by atoms with Crippen molar-refractivity contribution in [2.24, 2.45) is 11.8 Å². The van der Waals surface area contributed by atoms with E-state index in [-0.39, 0.29) is 6.10 Å². The Morgan fingerprint density at radius 2 is 1.90 bits per heavy atom. The van der Waals surface area contributed by atoms with Crippen LogP contribution < -0.4 is 11.1 Å². The van der Waals surface area contributed by atoms with E-state index in [0.717, 1.165) is 18.2 Å². The predicted molar refractivity (Wildman–Crippen MR) is 86.3 cm³/mol. The number of rotatable bonds is 1. The van der Waals surface area contributed by atoms with E-state index in [1.165, 1.54) is 56.2 Å². The van der Waals surface area contributed by atoms with Crippen molar-refractivity contribution in [3.63, 3.8) is 0 Å². The van der Waals surface area contributed by atoms with Gasteiger partial charge in [0.2, 0.25) is 0 Å². The van der Waals surface area contributed by atoms with Crippen LogP contribution in [-0.2, 0) is 4.74 Å². The van der Waals surface area contributed by atoms with E-state index in [4.69, 9.17) is 10.5 Å². The van der Waals surface area contributed by atoms with Gasteiger partial charge in [0, 0.05) is 35.5 Å². The molecule has 3 nitrogen and oxygen atoms in total. The molecule has 114 valence electrons. The van der Waals surface area contributed by atoms with Gasteiger partial charge in [0.05, 0.1) is 6.10 Å². The van der Waals surface area contributed by atoms with E-state index < -0.39 is 0 Å². The van der Waals surface area contributed by atoms with Gasteiger partial charge in [-0.3, -0.25) is 0 Å². The molecule has 2 heterocycles. The molecule has 3 unspecified atom stereocenters. The maximum atomic E-state index is 6.19. The summed E-state index contributed by atoms with van der Waals surface area (Å²) >= 11 is 0. The minimum atomic E-state index is 0.255. The summed E-state index contributed by atoms with van der Waals surface area (Å²) in [6.45, 7) is 0.896. The highest BCUT2D eigenvalue weighted by Crippen LogP contribution is 2.47. The summed E-state index contributed by atoms with van der Waals surface area (Å²) in [7, 11) is 0. The lowest BCUT2D eigenvalue weighted by Crippen LogP contribution is -2.46. The number of nitrogen functional groups attached to an aromatic ring is 1. The fourth-order valence-electron chi connectivity index (χ4n) is 4.69. The maximum absolute atomic E-state index is 6.19. The molecule has 0 aromatic heterocycles. The highest BCUT2D eigenvalue weighted by molar-refractivity contribution is 5.61. The molecular formula is C18H26N2O. The fraction of sp³-hybridized carbons (Fsp3) is 0.667. The molecule has 3 N–H and O–H groups in total. The molecule has 1 saturated heterocycles. The zero-order valence-electron chi connectivity index (χ0n) is 12.7. The molecule has 0 bridgehead atoms. The van der Waals surface area contributed by atoms with Gasteiger partial charge in [0.15, 0.2) is 0 Å². The zero-order chi connectivity index (χ0) is 14.2. The number of fused-ring (bicyclic) bond motifs is 3. The molecule has 2 fully saturated rings. The van der Waals surface area contributed by atoms with Crippen molar-refractivity contribution in [3.05, 3.63) is 23.8 Å². The number of anilines is 2. The molecule has 3 heteroatoms. The van der Waals surface area contributed by atoms with Crippen LogP contribution in [-0.4, -0.2) is 12.6 Å². The molecule has 0 radical (unpaired) electrons. The van der Waals surface area contributed by atoms with Crippen molar-refractivity contribution in [2.75, 3.05) is 17.7 Å². The van der Waals surface area contributed by atoms with Gasteiger partial charge in [0.25, 0.3) is 0 Å². The average molecular weight is 286 g/mol. The summed E-state index contributed by atoms with van der Waals surface area (Å²) in [5.74, 6) is 1.44. The molecule has 2 aliphatic heterocycles. The number of nitrogens with two attached hydrogens (primary N) is 1. The van der Waals surface area contributed by atoms with Gasteiger partial charge in [-0.2, -0.15) is 0 Å². The Kier molecular flexibility index (Phi) is 3.54. The summed E-state index contributed by atoms with van der Waals surface area (Å²) in [5, 5.41) is 3.86. The summed E-state index contributed by atoms with van der Waals surface area (Å²) in [5.41, 5.74) is 9.38. The Hall–Kier alpha value is -1.22. The van der Waals surface area contributed by atoms with Gasteiger partial charge in [-0.15, -0.1) is 0 Å². The SMILES string of the molecule is Nc1ccc2c(c1)C1OCCCC1C(C1CCCCC1)N2. The number of nitrogens with one attached hydrogen (secondary N) is 1. The van der Waals surface area contributed by atoms with Gasteiger partial charge in [-0.05, 0) is 49.8 Å². The minimum absolute atomic E-state index is 0.255. The smallest absolute Gasteiger partial charge is 0.0893 e. The van der Waals surface area contributed by atoms with Crippen LogP contribution in [0.4, 0.5) is 11.4 Å². The summed E-state index contributed by atoms with van der Waals surface area (Å²) in [6.07, 6.45) is 9.71. The molecule has 3 atom stereocenters. The monoisotopic (exact) mass is 286 g/mol. The van der Waals surface area contributed by atoms with Crippen LogP contribution in [0.3, 0.4) is 0 Å². The largest absolute Gasteiger partial charge is 0.399 e. The van der Waals surface area contributed by atoms with Crippen LogP contribution in [0, 0.1) is 11.8 Å². The molecular weight excluding hydrogens is 260 g/mol. The number of hydrogen-bond acceptors (Lipinski definition) is 3. The highest BCUT2D eigenvalue weighted by Gasteiger charge is 2.42. The third-order valence-electron chi connectivity index (χ3n) is 5.69. The first kappa shape index (κ1) is 13.4. The van der Waals surface area contributed by atoms with Gasteiger partial charge in [0.1, 0.15) is 0 Å². The van der Waals surface area contributed by atoms with E-state index in [1.54, 1.807) is 0 Å². The van der Waals surface area contributed by atoms with Crippen molar-refractivity contribution in [3.8, 4) is 0 Å². The number of hydrogen-bond donors (Lipinski definition) is 2. The van der Waals surface area contributed by atoms with Crippen LogP contribution in [0.1, 0.15) is 56.6 Å². The van der Waals surface area contributed by atoms with Crippen LogP contribution in [0.5, 0.6) is 0 Å². The van der Waals surface area contributed by atoms with Gasteiger partial charge in [-0.1, -0.05) is 19.3 Å².